The summed E-state index contributed by atoms with van der Waals surface area (Å²) in [5.74, 6) is 0.140. The van der Waals surface area contributed by atoms with E-state index >= 15 is 0 Å². The highest BCUT2D eigenvalue weighted by Gasteiger charge is 1.99. The second-order valence-electron chi connectivity index (χ2n) is 2.23. The van der Waals surface area contributed by atoms with Crippen molar-refractivity contribution in [2.45, 2.75) is 26.7 Å². The third-order valence-corrected chi connectivity index (χ3v) is 1.54. The molecule has 0 bridgehead atoms. The molecule has 0 N–H and O–H groups in total. The maximum atomic E-state index is 10.8. The number of Topliss-reactive ketones (excluding diaryl/α,β-unsaturated/α-hetero) is 1. The van der Waals surface area contributed by atoms with Gasteiger partial charge < -0.3 is 0 Å². The predicted octanol–water partition coefficient (Wildman–Crippen LogP) is 2.54. The fourth-order valence-corrected chi connectivity index (χ4v) is 0.791. The molecule has 0 radical (unpaired) electrons. The summed E-state index contributed by atoms with van der Waals surface area (Å²) in [5, 5.41) is 0. The van der Waals surface area contributed by atoms with Crippen molar-refractivity contribution in [2.24, 2.45) is 0 Å². The van der Waals surface area contributed by atoms with Gasteiger partial charge in [-0.2, -0.15) is 0 Å². The van der Waals surface area contributed by atoms with Crippen LogP contribution in [0.5, 0.6) is 0 Å². The summed E-state index contributed by atoms with van der Waals surface area (Å²) >= 11 is 5.34. The zero-order chi connectivity index (χ0) is 7.98. The SMILES string of the molecule is CCCC=C(C)C(=O)CCl. The number of ketones is 1. The van der Waals surface area contributed by atoms with Crippen LogP contribution in [0.15, 0.2) is 11.6 Å². The zero-order valence-corrected chi connectivity index (χ0v) is 7.24. The van der Waals surface area contributed by atoms with E-state index in [4.69, 9.17) is 11.6 Å². The molecule has 0 atom stereocenters. The molecule has 0 rings (SSSR count). The summed E-state index contributed by atoms with van der Waals surface area (Å²) in [7, 11) is 0. The molecular formula is C8H13ClO. The summed E-state index contributed by atoms with van der Waals surface area (Å²) in [4.78, 5) is 10.8. The van der Waals surface area contributed by atoms with Gasteiger partial charge in [0.15, 0.2) is 5.78 Å². The topological polar surface area (TPSA) is 17.1 Å². The molecule has 58 valence electrons. The third kappa shape index (κ3) is 3.67. The third-order valence-electron chi connectivity index (χ3n) is 1.30. The number of hydrogen-bond acceptors (Lipinski definition) is 1. The van der Waals surface area contributed by atoms with Gasteiger partial charge in [-0.25, -0.2) is 0 Å². The smallest absolute Gasteiger partial charge is 0.172 e. The summed E-state index contributed by atoms with van der Waals surface area (Å²) in [6.45, 7) is 3.88. The molecule has 0 aromatic heterocycles. The average Bonchev–Trinajstić information content (AvgIpc) is 1.98. The molecule has 0 saturated carbocycles. The van der Waals surface area contributed by atoms with Crippen molar-refractivity contribution in [3.05, 3.63) is 11.6 Å². The van der Waals surface area contributed by atoms with Gasteiger partial charge in [-0.15, -0.1) is 11.6 Å². The molecule has 0 spiro atoms. The van der Waals surface area contributed by atoms with E-state index in [2.05, 4.69) is 6.92 Å². The fraction of sp³-hybridized carbons (Fsp3) is 0.625. The van der Waals surface area contributed by atoms with Crippen LogP contribution in [0.2, 0.25) is 0 Å². The van der Waals surface area contributed by atoms with Gasteiger partial charge in [0.2, 0.25) is 0 Å². The van der Waals surface area contributed by atoms with E-state index in [1.54, 1.807) is 6.92 Å². The van der Waals surface area contributed by atoms with Gasteiger partial charge in [0.1, 0.15) is 0 Å². The van der Waals surface area contributed by atoms with Crippen LogP contribution >= 0.6 is 11.6 Å². The van der Waals surface area contributed by atoms with Gasteiger partial charge in [-0.1, -0.05) is 19.4 Å². The van der Waals surface area contributed by atoms with E-state index in [0.29, 0.717) is 0 Å². The number of rotatable bonds is 4. The van der Waals surface area contributed by atoms with Crippen molar-refractivity contribution in [1.82, 2.24) is 0 Å². The maximum absolute atomic E-state index is 10.8. The molecule has 0 heterocycles. The highest BCUT2D eigenvalue weighted by Crippen LogP contribution is 2.00. The minimum atomic E-state index is 0.0371. The monoisotopic (exact) mass is 160 g/mol. The van der Waals surface area contributed by atoms with Gasteiger partial charge in [-0.3, -0.25) is 4.79 Å². The highest BCUT2D eigenvalue weighted by atomic mass is 35.5. The molecule has 0 saturated heterocycles. The fourth-order valence-electron chi connectivity index (χ4n) is 0.580. The van der Waals surface area contributed by atoms with Crippen molar-refractivity contribution in [2.75, 3.05) is 5.88 Å². The highest BCUT2D eigenvalue weighted by molar-refractivity contribution is 6.30. The lowest BCUT2D eigenvalue weighted by molar-refractivity contribution is -0.113. The number of alkyl halides is 1. The molecule has 10 heavy (non-hydrogen) atoms. The maximum Gasteiger partial charge on any atom is 0.172 e. The van der Waals surface area contributed by atoms with Crippen LogP contribution in [0, 0.1) is 0 Å². The summed E-state index contributed by atoms with van der Waals surface area (Å²) in [6.07, 6.45) is 3.98. The molecule has 2 heteroatoms. The number of unbranched alkanes of at least 4 members (excludes halogenated alkanes) is 1. The van der Waals surface area contributed by atoms with Crippen LogP contribution in [-0.4, -0.2) is 11.7 Å². The molecule has 0 aliphatic carbocycles. The van der Waals surface area contributed by atoms with Gasteiger partial charge in [0.25, 0.3) is 0 Å². The number of halogens is 1. The van der Waals surface area contributed by atoms with E-state index in [0.717, 1.165) is 18.4 Å². The molecule has 0 amide bonds. The van der Waals surface area contributed by atoms with E-state index in [9.17, 15) is 4.79 Å². The molecule has 0 unspecified atom stereocenters. The second-order valence-corrected chi connectivity index (χ2v) is 2.50. The van der Waals surface area contributed by atoms with Crippen molar-refractivity contribution in [3.8, 4) is 0 Å². The van der Waals surface area contributed by atoms with E-state index in [1.165, 1.54) is 0 Å². The van der Waals surface area contributed by atoms with Crippen LogP contribution in [0.25, 0.3) is 0 Å². The standard InChI is InChI=1S/C8H13ClO/c1-3-4-5-7(2)8(10)6-9/h5H,3-4,6H2,1-2H3. The Morgan fingerprint density at radius 1 is 1.60 bits per heavy atom. The first-order chi connectivity index (χ1) is 4.72. The predicted molar refractivity (Wildman–Crippen MR) is 44.4 cm³/mol. The molecule has 0 fully saturated rings. The van der Waals surface area contributed by atoms with Crippen LogP contribution in [0.3, 0.4) is 0 Å². The summed E-state index contributed by atoms with van der Waals surface area (Å²) in [6, 6.07) is 0. The Kier molecular flexibility index (Phi) is 5.32. The Hall–Kier alpha value is -0.300. The number of allylic oxidation sites excluding steroid dienone is 2. The van der Waals surface area contributed by atoms with Crippen LogP contribution in [0.1, 0.15) is 26.7 Å². The van der Waals surface area contributed by atoms with Gasteiger partial charge in [0.05, 0.1) is 5.88 Å². The molecular weight excluding hydrogens is 148 g/mol. The number of hydrogen-bond donors (Lipinski definition) is 0. The number of carbonyl (C=O) groups is 1. The van der Waals surface area contributed by atoms with Gasteiger partial charge in [0, 0.05) is 0 Å². The van der Waals surface area contributed by atoms with Crippen molar-refractivity contribution >= 4 is 17.4 Å². The molecule has 0 aliphatic heterocycles. The molecule has 0 aromatic rings. The van der Waals surface area contributed by atoms with E-state index in [1.807, 2.05) is 6.08 Å². The molecule has 1 nitrogen and oxygen atoms in total. The van der Waals surface area contributed by atoms with Gasteiger partial charge in [-0.05, 0) is 18.9 Å². The van der Waals surface area contributed by atoms with Crippen LogP contribution in [0.4, 0.5) is 0 Å². The normalized spacial score (nSPS) is 11.7. The number of carbonyl (C=O) groups excluding carboxylic acids is 1. The quantitative estimate of drug-likeness (QED) is 0.456. The first kappa shape index (κ1) is 9.70. The molecule has 0 aromatic carbocycles. The van der Waals surface area contributed by atoms with Crippen molar-refractivity contribution < 1.29 is 4.79 Å². The minimum Gasteiger partial charge on any atom is -0.293 e. The lowest BCUT2D eigenvalue weighted by Gasteiger charge is -1.93. The van der Waals surface area contributed by atoms with Crippen LogP contribution in [-0.2, 0) is 4.79 Å². The lowest BCUT2D eigenvalue weighted by atomic mass is 10.1. The summed E-state index contributed by atoms with van der Waals surface area (Å²) in [5.41, 5.74) is 0.789. The largest absolute Gasteiger partial charge is 0.293 e. The Morgan fingerprint density at radius 2 is 2.20 bits per heavy atom. The molecule has 0 aliphatic rings. The van der Waals surface area contributed by atoms with Crippen LogP contribution < -0.4 is 0 Å². The van der Waals surface area contributed by atoms with Gasteiger partial charge >= 0.3 is 0 Å². The Balaban J connectivity index is 3.80. The summed E-state index contributed by atoms with van der Waals surface area (Å²) < 4.78 is 0. The zero-order valence-electron chi connectivity index (χ0n) is 6.48. The minimum absolute atomic E-state index is 0.0371. The lowest BCUT2D eigenvalue weighted by Crippen LogP contribution is -1.99. The van der Waals surface area contributed by atoms with E-state index in [-0.39, 0.29) is 11.7 Å². The van der Waals surface area contributed by atoms with Crippen molar-refractivity contribution in [1.29, 1.82) is 0 Å². The first-order valence-corrected chi connectivity index (χ1v) is 4.01. The van der Waals surface area contributed by atoms with E-state index < -0.39 is 0 Å². The Labute approximate surface area is 67.1 Å². The first-order valence-electron chi connectivity index (χ1n) is 3.48. The van der Waals surface area contributed by atoms with Crippen molar-refractivity contribution in [3.63, 3.8) is 0 Å². The Bertz CT molecular complexity index is 138. The Morgan fingerprint density at radius 3 is 2.60 bits per heavy atom. The second kappa shape index (κ2) is 5.48. The average molecular weight is 161 g/mol.